The van der Waals surface area contributed by atoms with Crippen molar-refractivity contribution in [2.75, 3.05) is 20.3 Å². The van der Waals surface area contributed by atoms with Crippen LogP contribution in [-0.4, -0.2) is 26.2 Å². The summed E-state index contributed by atoms with van der Waals surface area (Å²) in [5.74, 6) is -0.429. The molecule has 90 valence electrons. The van der Waals surface area contributed by atoms with Gasteiger partial charge in [0.05, 0.1) is 6.61 Å². The van der Waals surface area contributed by atoms with Crippen molar-refractivity contribution in [1.29, 1.82) is 0 Å². The Morgan fingerprint density at radius 2 is 2.50 bits per heavy atom. The molecule has 1 rings (SSSR count). The van der Waals surface area contributed by atoms with Gasteiger partial charge in [0, 0.05) is 23.0 Å². The molecule has 0 aliphatic rings. The zero-order valence-electron chi connectivity index (χ0n) is 8.63. The molecule has 1 unspecified atom stereocenters. The number of amides is 1. The molecule has 0 saturated carbocycles. The minimum Gasteiger partial charge on any atom is -0.383 e. The van der Waals surface area contributed by atoms with Crippen LogP contribution < -0.4 is 11.1 Å². The van der Waals surface area contributed by atoms with Crippen molar-refractivity contribution < 1.29 is 9.53 Å². The number of carbonyl (C=O) groups excluding carboxylic acids is 1. The molecule has 0 radical (unpaired) electrons. The highest BCUT2D eigenvalue weighted by Crippen LogP contribution is 2.35. The van der Waals surface area contributed by atoms with E-state index in [4.69, 9.17) is 22.1 Å². The first kappa shape index (κ1) is 13.9. The maximum Gasteiger partial charge on any atom is 0.239 e. The number of primary amides is 1. The van der Waals surface area contributed by atoms with Crippen molar-refractivity contribution in [3.8, 4) is 0 Å². The van der Waals surface area contributed by atoms with E-state index in [1.807, 2.05) is 0 Å². The first-order valence-electron chi connectivity index (χ1n) is 4.52. The Morgan fingerprint density at radius 3 is 2.94 bits per heavy atom. The standard InChI is InChI=1S/C9H12BrClN2O2S/c1-15-3-2-13-7(9(12)14)6-4-5(10)8(11)16-6/h4,7,13H,2-3H2,1H3,(H2,12,14). The van der Waals surface area contributed by atoms with E-state index in [0.717, 1.165) is 9.35 Å². The average molecular weight is 328 g/mol. The fraction of sp³-hybridized carbons (Fsp3) is 0.444. The van der Waals surface area contributed by atoms with Gasteiger partial charge in [-0.25, -0.2) is 0 Å². The van der Waals surface area contributed by atoms with E-state index in [1.54, 1.807) is 13.2 Å². The fourth-order valence-corrected chi connectivity index (χ4v) is 2.97. The molecule has 0 aliphatic heterocycles. The summed E-state index contributed by atoms with van der Waals surface area (Å²) in [6.07, 6.45) is 0. The van der Waals surface area contributed by atoms with Gasteiger partial charge in [-0.2, -0.15) is 0 Å². The van der Waals surface area contributed by atoms with Crippen LogP contribution in [0.3, 0.4) is 0 Å². The van der Waals surface area contributed by atoms with Crippen molar-refractivity contribution in [3.05, 3.63) is 19.8 Å². The number of rotatable bonds is 6. The molecule has 16 heavy (non-hydrogen) atoms. The molecule has 1 amide bonds. The summed E-state index contributed by atoms with van der Waals surface area (Å²) < 4.78 is 6.27. The first-order valence-corrected chi connectivity index (χ1v) is 6.51. The number of thiophene rings is 1. The molecule has 1 atom stereocenters. The number of hydrogen-bond acceptors (Lipinski definition) is 4. The van der Waals surface area contributed by atoms with Crippen molar-refractivity contribution >= 4 is 44.8 Å². The van der Waals surface area contributed by atoms with E-state index in [-0.39, 0.29) is 0 Å². The third-order valence-electron chi connectivity index (χ3n) is 1.89. The molecule has 0 aliphatic carbocycles. The van der Waals surface area contributed by atoms with E-state index < -0.39 is 11.9 Å². The summed E-state index contributed by atoms with van der Waals surface area (Å²) in [6.45, 7) is 1.07. The van der Waals surface area contributed by atoms with E-state index in [2.05, 4.69) is 21.2 Å². The highest BCUT2D eigenvalue weighted by molar-refractivity contribution is 9.10. The molecule has 0 spiro atoms. The van der Waals surface area contributed by atoms with Gasteiger partial charge in [0.1, 0.15) is 10.4 Å². The predicted octanol–water partition coefficient (Wildman–Crippen LogP) is 1.93. The molecule has 4 nitrogen and oxygen atoms in total. The Kier molecular flexibility index (Phi) is 5.71. The Bertz CT molecular complexity index is 353. The van der Waals surface area contributed by atoms with Gasteiger partial charge in [0.25, 0.3) is 0 Å². The zero-order valence-corrected chi connectivity index (χ0v) is 11.8. The zero-order chi connectivity index (χ0) is 12.1. The Balaban J connectivity index is 2.73. The molecule has 0 saturated heterocycles. The molecule has 1 heterocycles. The maximum absolute atomic E-state index is 11.3. The Morgan fingerprint density at radius 1 is 1.81 bits per heavy atom. The lowest BCUT2D eigenvalue weighted by atomic mass is 10.2. The molecule has 0 fully saturated rings. The number of nitrogens with one attached hydrogen (secondary N) is 1. The Hall–Kier alpha value is -0.140. The van der Waals surface area contributed by atoms with Gasteiger partial charge >= 0.3 is 0 Å². The third kappa shape index (κ3) is 3.71. The van der Waals surface area contributed by atoms with E-state index in [0.29, 0.717) is 17.5 Å². The summed E-state index contributed by atoms with van der Waals surface area (Å²) in [5.41, 5.74) is 5.32. The van der Waals surface area contributed by atoms with Crippen molar-refractivity contribution in [1.82, 2.24) is 5.32 Å². The van der Waals surface area contributed by atoms with E-state index >= 15 is 0 Å². The molecular formula is C9H12BrClN2O2S. The van der Waals surface area contributed by atoms with Gasteiger partial charge < -0.3 is 10.5 Å². The number of ether oxygens (including phenoxy) is 1. The van der Waals surface area contributed by atoms with Crippen LogP contribution in [0.1, 0.15) is 10.9 Å². The lowest BCUT2D eigenvalue weighted by Gasteiger charge is -2.13. The van der Waals surface area contributed by atoms with Gasteiger partial charge in [-0.1, -0.05) is 11.6 Å². The topological polar surface area (TPSA) is 64.3 Å². The van der Waals surface area contributed by atoms with Gasteiger partial charge in [0.2, 0.25) is 5.91 Å². The molecule has 7 heteroatoms. The van der Waals surface area contributed by atoms with Crippen molar-refractivity contribution in [2.24, 2.45) is 5.73 Å². The summed E-state index contributed by atoms with van der Waals surface area (Å²) >= 11 is 10.5. The Labute approximate surface area is 111 Å². The monoisotopic (exact) mass is 326 g/mol. The fourth-order valence-electron chi connectivity index (χ4n) is 1.15. The first-order chi connectivity index (χ1) is 7.56. The second-order valence-corrected chi connectivity index (χ2v) is 5.59. The van der Waals surface area contributed by atoms with Crippen LogP contribution in [0.5, 0.6) is 0 Å². The van der Waals surface area contributed by atoms with Crippen LogP contribution in [0.4, 0.5) is 0 Å². The third-order valence-corrected chi connectivity index (χ3v) is 4.43. The quantitative estimate of drug-likeness (QED) is 0.785. The van der Waals surface area contributed by atoms with Crippen LogP contribution in [0, 0.1) is 0 Å². The highest BCUT2D eigenvalue weighted by atomic mass is 79.9. The van der Waals surface area contributed by atoms with Crippen LogP contribution in [0.25, 0.3) is 0 Å². The van der Waals surface area contributed by atoms with E-state index in [1.165, 1.54) is 11.3 Å². The lowest BCUT2D eigenvalue weighted by Crippen LogP contribution is -2.34. The second-order valence-electron chi connectivity index (χ2n) is 3.05. The van der Waals surface area contributed by atoms with Crippen molar-refractivity contribution in [2.45, 2.75) is 6.04 Å². The predicted molar refractivity (Wildman–Crippen MR) is 68.8 cm³/mol. The highest BCUT2D eigenvalue weighted by Gasteiger charge is 2.20. The largest absolute Gasteiger partial charge is 0.383 e. The van der Waals surface area contributed by atoms with Gasteiger partial charge in [0.15, 0.2) is 0 Å². The maximum atomic E-state index is 11.3. The van der Waals surface area contributed by atoms with Crippen LogP contribution >= 0.6 is 38.9 Å². The average Bonchev–Trinajstić information content (AvgIpc) is 2.53. The number of methoxy groups -OCH3 is 1. The second kappa shape index (κ2) is 6.56. The molecule has 0 aromatic carbocycles. The number of carbonyl (C=O) groups is 1. The van der Waals surface area contributed by atoms with E-state index in [9.17, 15) is 4.79 Å². The number of nitrogens with two attached hydrogens (primary N) is 1. The van der Waals surface area contributed by atoms with Gasteiger partial charge in [-0.05, 0) is 22.0 Å². The number of hydrogen-bond donors (Lipinski definition) is 2. The number of halogens is 2. The van der Waals surface area contributed by atoms with Crippen LogP contribution in [-0.2, 0) is 9.53 Å². The van der Waals surface area contributed by atoms with Crippen LogP contribution in [0.2, 0.25) is 4.34 Å². The molecule has 1 aromatic heterocycles. The molecule has 1 aromatic rings. The van der Waals surface area contributed by atoms with Gasteiger partial charge in [-0.3, -0.25) is 10.1 Å². The minimum atomic E-state index is -0.524. The molecule has 3 N–H and O–H groups in total. The minimum absolute atomic E-state index is 0.429. The molecular weight excluding hydrogens is 316 g/mol. The normalized spacial score (nSPS) is 12.7. The summed E-state index contributed by atoms with van der Waals surface area (Å²) in [5, 5.41) is 3.01. The molecule has 0 bridgehead atoms. The SMILES string of the molecule is COCCNC(C(N)=O)c1cc(Br)c(Cl)s1. The van der Waals surface area contributed by atoms with Crippen LogP contribution in [0.15, 0.2) is 10.5 Å². The van der Waals surface area contributed by atoms with Crippen molar-refractivity contribution in [3.63, 3.8) is 0 Å². The smallest absolute Gasteiger partial charge is 0.239 e. The summed E-state index contributed by atoms with van der Waals surface area (Å²) in [4.78, 5) is 12.1. The lowest BCUT2D eigenvalue weighted by molar-refractivity contribution is -0.120. The summed E-state index contributed by atoms with van der Waals surface area (Å²) in [6, 6.07) is 1.27. The van der Waals surface area contributed by atoms with Gasteiger partial charge in [-0.15, -0.1) is 11.3 Å². The summed E-state index contributed by atoms with van der Waals surface area (Å²) in [7, 11) is 1.60.